The number of aromatic nitrogens is 2. The number of rotatable bonds is 6. The van der Waals surface area contributed by atoms with E-state index in [4.69, 9.17) is 4.98 Å². The van der Waals surface area contributed by atoms with Crippen molar-refractivity contribution in [3.05, 3.63) is 94.3 Å². The fourth-order valence-electron chi connectivity index (χ4n) is 4.71. The van der Waals surface area contributed by atoms with E-state index in [1.807, 2.05) is 78.2 Å². The van der Waals surface area contributed by atoms with Gasteiger partial charge in [0.25, 0.3) is 0 Å². The molecular weight excluding hydrogens is 408 g/mol. The Morgan fingerprint density at radius 2 is 1.67 bits per heavy atom. The molecule has 5 heteroatoms. The molecule has 33 heavy (non-hydrogen) atoms. The monoisotopic (exact) mass is 442 g/mol. The summed E-state index contributed by atoms with van der Waals surface area (Å²) in [4.78, 5) is 18.2. The maximum atomic E-state index is 13.2. The molecule has 0 spiro atoms. The average Bonchev–Trinajstić information content (AvgIpc) is 2.85. The third-order valence-electron chi connectivity index (χ3n) is 6.53. The molecule has 0 saturated heterocycles. The summed E-state index contributed by atoms with van der Waals surface area (Å²) in [5.74, 6) is 0.699. The van der Waals surface area contributed by atoms with Gasteiger partial charge in [0.2, 0.25) is 0 Å². The number of benzene rings is 2. The first-order chi connectivity index (χ1) is 16.2. The number of nitrogens with one attached hydrogen (secondary N) is 2. The molecule has 0 bridgehead atoms. The van der Waals surface area contributed by atoms with Gasteiger partial charge in [-0.25, -0.2) is 4.98 Å². The van der Waals surface area contributed by atoms with Crippen molar-refractivity contribution in [3.8, 4) is 5.69 Å². The van der Waals surface area contributed by atoms with Gasteiger partial charge in [0.1, 0.15) is 11.5 Å². The smallest absolute Gasteiger partial charge is 0.193 e. The summed E-state index contributed by atoms with van der Waals surface area (Å²) >= 11 is 0. The number of anilines is 2. The average molecular weight is 443 g/mol. The van der Waals surface area contributed by atoms with Crippen LogP contribution in [0.4, 0.5) is 11.5 Å². The second-order valence-corrected chi connectivity index (χ2v) is 8.88. The first-order valence-corrected chi connectivity index (χ1v) is 11.9. The summed E-state index contributed by atoms with van der Waals surface area (Å²) in [5.41, 5.74) is 4.57. The van der Waals surface area contributed by atoms with Crippen molar-refractivity contribution in [2.45, 2.75) is 51.6 Å². The molecule has 5 nitrogen and oxygen atoms in total. The quantitative estimate of drug-likeness (QED) is 0.365. The zero-order valence-corrected chi connectivity index (χ0v) is 19.1. The largest absolute Gasteiger partial charge is 0.341 e. The number of aryl methyl sites for hydroxylation is 1. The lowest BCUT2D eigenvalue weighted by Gasteiger charge is -2.23. The third-order valence-corrected chi connectivity index (χ3v) is 6.53. The second kappa shape index (κ2) is 9.59. The van der Waals surface area contributed by atoms with Crippen LogP contribution in [0.25, 0.3) is 16.7 Å². The number of para-hydroxylation sites is 2. The van der Waals surface area contributed by atoms with E-state index < -0.39 is 0 Å². The summed E-state index contributed by atoms with van der Waals surface area (Å²) in [6, 6.07) is 24.2. The van der Waals surface area contributed by atoms with Crippen LogP contribution < -0.4 is 16.1 Å². The normalized spacial score (nSPS) is 14.5. The Labute approximate surface area is 197 Å². The SMILES string of the molecule is Cc1nc2c(cc1CNC1CCCCC1)c(=O)cc(Nc1ccccc1)n2-c1ccccc1.[HH].[HH]. The van der Waals surface area contributed by atoms with E-state index >= 15 is 0 Å². The first-order valence-electron chi connectivity index (χ1n) is 11.9. The summed E-state index contributed by atoms with van der Waals surface area (Å²) in [7, 11) is 0. The summed E-state index contributed by atoms with van der Waals surface area (Å²) < 4.78 is 2.04. The molecule has 1 fully saturated rings. The van der Waals surface area contributed by atoms with Crippen LogP contribution in [0.2, 0.25) is 0 Å². The van der Waals surface area contributed by atoms with Crippen molar-refractivity contribution in [2.75, 3.05) is 5.32 Å². The zero-order valence-electron chi connectivity index (χ0n) is 19.1. The summed E-state index contributed by atoms with van der Waals surface area (Å²) in [6.07, 6.45) is 6.40. The van der Waals surface area contributed by atoms with Gasteiger partial charge in [0, 0.05) is 38.6 Å². The number of nitrogens with zero attached hydrogens (tertiary/aromatic N) is 2. The van der Waals surface area contributed by atoms with E-state index in [1.165, 1.54) is 32.1 Å². The fourth-order valence-corrected chi connectivity index (χ4v) is 4.71. The standard InChI is InChI=1S/C28H30N4O.2H2/c1-20-21(19-29-22-11-5-2-6-12-22)17-25-26(33)18-27(31-23-13-7-3-8-14-23)32(28(25)30-20)24-15-9-4-10-16-24;;/h3-4,7-10,13-18,22,29,31H,2,5-6,11-12,19H2,1H3;2*1H. The van der Waals surface area contributed by atoms with Crippen molar-refractivity contribution in [2.24, 2.45) is 0 Å². The Hall–Kier alpha value is -3.44. The third kappa shape index (κ3) is 4.69. The van der Waals surface area contributed by atoms with Gasteiger partial charge in [0.15, 0.2) is 5.43 Å². The van der Waals surface area contributed by atoms with Crippen molar-refractivity contribution in [3.63, 3.8) is 0 Å². The molecule has 1 aliphatic carbocycles. The topological polar surface area (TPSA) is 59.0 Å². The lowest BCUT2D eigenvalue weighted by molar-refractivity contribution is 0.372. The van der Waals surface area contributed by atoms with Crippen molar-refractivity contribution in [1.29, 1.82) is 0 Å². The van der Waals surface area contributed by atoms with Crippen molar-refractivity contribution >= 4 is 22.5 Å². The van der Waals surface area contributed by atoms with Crippen molar-refractivity contribution in [1.82, 2.24) is 14.9 Å². The second-order valence-electron chi connectivity index (χ2n) is 8.88. The Balaban J connectivity index is 0.00000171. The highest BCUT2D eigenvalue weighted by atomic mass is 16.1. The van der Waals surface area contributed by atoms with Crippen LogP contribution in [0.1, 0.15) is 46.2 Å². The van der Waals surface area contributed by atoms with Gasteiger partial charge >= 0.3 is 0 Å². The molecule has 0 aliphatic heterocycles. The number of hydrogen-bond donors (Lipinski definition) is 2. The van der Waals surface area contributed by atoms with Crippen LogP contribution in [0.5, 0.6) is 0 Å². The van der Waals surface area contributed by atoms with Crippen LogP contribution in [0.3, 0.4) is 0 Å². The molecule has 2 aromatic carbocycles. The fraction of sp³-hybridized carbons (Fsp3) is 0.286. The van der Waals surface area contributed by atoms with E-state index in [0.717, 1.165) is 29.2 Å². The molecule has 2 aromatic heterocycles. The number of pyridine rings is 2. The van der Waals surface area contributed by atoms with Gasteiger partial charge in [-0.2, -0.15) is 0 Å². The zero-order chi connectivity index (χ0) is 22.6. The molecule has 172 valence electrons. The van der Waals surface area contributed by atoms with E-state index in [0.29, 0.717) is 22.9 Å². The summed E-state index contributed by atoms with van der Waals surface area (Å²) in [6.45, 7) is 2.78. The van der Waals surface area contributed by atoms with Crippen LogP contribution >= 0.6 is 0 Å². The van der Waals surface area contributed by atoms with Gasteiger partial charge in [-0.05, 0) is 55.7 Å². The molecule has 0 amide bonds. The van der Waals surface area contributed by atoms with Gasteiger partial charge in [0.05, 0.1) is 5.39 Å². The highest BCUT2D eigenvalue weighted by Gasteiger charge is 2.17. The van der Waals surface area contributed by atoms with Gasteiger partial charge < -0.3 is 10.6 Å². The maximum Gasteiger partial charge on any atom is 0.193 e. The summed E-state index contributed by atoms with van der Waals surface area (Å²) in [5, 5.41) is 7.75. The Kier molecular flexibility index (Phi) is 6.22. The van der Waals surface area contributed by atoms with Crippen LogP contribution in [-0.2, 0) is 6.54 Å². The highest BCUT2D eigenvalue weighted by molar-refractivity contribution is 5.81. The molecule has 5 rings (SSSR count). The highest BCUT2D eigenvalue weighted by Crippen LogP contribution is 2.26. The molecule has 2 heterocycles. The van der Waals surface area contributed by atoms with Crippen molar-refractivity contribution < 1.29 is 2.85 Å². The van der Waals surface area contributed by atoms with E-state index in [2.05, 4.69) is 10.6 Å². The lowest BCUT2D eigenvalue weighted by Crippen LogP contribution is -2.30. The number of fused-ring (bicyclic) bond motifs is 1. The molecular formula is C28H34N4O. The van der Waals surface area contributed by atoms with Gasteiger partial charge in [-0.3, -0.25) is 9.36 Å². The molecule has 0 radical (unpaired) electrons. The van der Waals surface area contributed by atoms with Gasteiger partial charge in [-0.15, -0.1) is 0 Å². The Morgan fingerprint density at radius 3 is 2.39 bits per heavy atom. The van der Waals surface area contributed by atoms with Gasteiger partial charge in [-0.1, -0.05) is 55.7 Å². The van der Waals surface area contributed by atoms with E-state index in [-0.39, 0.29) is 8.28 Å². The molecule has 0 atom stereocenters. The molecule has 4 aromatic rings. The predicted octanol–water partition coefficient (Wildman–Crippen LogP) is 6.35. The van der Waals surface area contributed by atoms with Crippen LogP contribution in [-0.4, -0.2) is 15.6 Å². The molecule has 2 N–H and O–H groups in total. The first kappa shape index (κ1) is 21.4. The molecule has 1 aliphatic rings. The Morgan fingerprint density at radius 1 is 0.970 bits per heavy atom. The lowest BCUT2D eigenvalue weighted by atomic mass is 9.95. The minimum atomic E-state index is -0.0259. The molecule has 1 saturated carbocycles. The van der Waals surface area contributed by atoms with E-state index in [9.17, 15) is 4.79 Å². The minimum Gasteiger partial charge on any atom is -0.341 e. The minimum absolute atomic E-state index is 0. The molecule has 0 unspecified atom stereocenters. The van der Waals surface area contributed by atoms with Crippen LogP contribution in [0.15, 0.2) is 77.6 Å². The predicted molar refractivity (Wildman–Crippen MR) is 140 cm³/mol. The maximum absolute atomic E-state index is 13.2. The van der Waals surface area contributed by atoms with Crippen LogP contribution in [0, 0.1) is 6.92 Å². The Bertz CT molecular complexity index is 1300. The number of hydrogen-bond acceptors (Lipinski definition) is 4. The van der Waals surface area contributed by atoms with E-state index in [1.54, 1.807) is 6.07 Å².